The highest BCUT2D eigenvalue weighted by atomic mass is 32.1. The fraction of sp³-hybridized carbons (Fsp3) is 0. The number of aromatic nitrogens is 1. The van der Waals surface area contributed by atoms with Crippen LogP contribution in [0.2, 0.25) is 0 Å². The smallest absolute Gasteiger partial charge is 0.0355 e. The summed E-state index contributed by atoms with van der Waals surface area (Å²) in [7, 11) is 0. The Morgan fingerprint density at radius 2 is 1.14 bits per heavy atom. The maximum atomic E-state index is 4.61. The summed E-state index contributed by atoms with van der Waals surface area (Å²) in [6, 6.07) is 42.0. The van der Waals surface area contributed by atoms with Gasteiger partial charge in [0.25, 0.3) is 0 Å². The second-order valence-electron chi connectivity index (χ2n) is 9.55. The molecule has 0 atom stereocenters. The van der Waals surface area contributed by atoms with Crippen molar-refractivity contribution in [1.82, 2.24) is 4.98 Å². The molecule has 0 aliphatic rings. The quantitative estimate of drug-likeness (QED) is 0.221. The van der Waals surface area contributed by atoms with E-state index in [-0.39, 0.29) is 0 Å². The average molecular weight is 488 g/mol. The summed E-state index contributed by atoms with van der Waals surface area (Å²) in [5.41, 5.74) is 5.02. The predicted octanol–water partition coefficient (Wildman–Crippen LogP) is 10.2. The molecule has 1 nitrogen and oxygen atoms in total. The summed E-state index contributed by atoms with van der Waals surface area (Å²) in [4.78, 5) is 4.61. The minimum atomic E-state index is 1.18. The molecule has 0 amide bonds. The zero-order valence-electron chi connectivity index (χ0n) is 20.0. The van der Waals surface area contributed by atoms with Gasteiger partial charge in [-0.3, -0.25) is 4.98 Å². The van der Waals surface area contributed by atoms with Crippen LogP contribution < -0.4 is 0 Å². The lowest BCUT2D eigenvalue weighted by Crippen LogP contribution is -1.92. The van der Waals surface area contributed by atoms with Gasteiger partial charge in [-0.05, 0) is 73.5 Å². The van der Waals surface area contributed by atoms with Crippen LogP contribution in [0.1, 0.15) is 0 Å². The zero-order valence-corrected chi connectivity index (χ0v) is 20.8. The van der Waals surface area contributed by atoms with Crippen LogP contribution >= 0.6 is 11.3 Å². The Bertz CT molecular complexity index is 2090. The van der Waals surface area contributed by atoms with E-state index < -0.39 is 0 Å². The lowest BCUT2D eigenvalue weighted by molar-refractivity contribution is 1.37. The molecule has 6 aromatic carbocycles. The first kappa shape index (κ1) is 20.6. The fourth-order valence-electron chi connectivity index (χ4n) is 5.95. The molecule has 2 aromatic heterocycles. The maximum absolute atomic E-state index is 4.61. The van der Waals surface area contributed by atoms with Crippen molar-refractivity contribution in [2.45, 2.75) is 0 Å². The van der Waals surface area contributed by atoms with Gasteiger partial charge in [0.05, 0.1) is 0 Å². The first-order valence-corrected chi connectivity index (χ1v) is 13.4. The van der Waals surface area contributed by atoms with E-state index in [0.717, 1.165) is 0 Å². The third-order valence-corrected chi connectivity index (χ3v) is 8.70. The number of benzene rings is 6. The predicted molar refractivity (Wildman–Crippen MR) is 161 cm³/mol. The number of nitrogens with zero attached hydrogens (tertiary/aromatic N) is 1. The molecule has 0 aliphatic carbocycles. The summed E-state index contributed by atoms with van der Waals surface area (Å²) >= 11 is 1.86. The van der Waals surface area contributed by atoms with E-state index in [1.165, 1.54) is 74.7 Å². The van der Waals surface area contributed by atoms with Crippen LogP contribution in [0.25, 0.3) is 74.7 Å². The molecular weight excluding hydrogens is 466 g/mol. The summed E-state index contributed by atoms with van der Waals surface area (Å²) in [6.07, 6.45) is 3.97. The van der Waals surface area contributed by atoms with E-state index in [1.54, 1.807) is 0 Å². The van der Waals surface area contributed by atoms with E-state index >= 15 is 0 Å². The molecule has 0 unspecified atom stereocenters. The summed E-state index contributed by atoms with van der Waals surface area (Å²) in [5, 5.41) is 10.1. The first-order chi connectivity index (χ1) is 18.4. The largest absolute Gasteiger partial charge is 0.264 e. The van der Waals surface area contributed by atoms with Crippen LogP contribution in [-0.2, 0) is 0 Å². The van der Waals surface area contributed by atoms with Crippen molar-refractivity contribution in [3.63, 3.8) is 0 Å². The molecular formula is C35H21NS. The molecule has 0 spiro atoms. The molecule has 8 rings (SSSR count). The van der Waals surface area contributed by atoms with Crippen molar-refractivity contribution >= 4 is 63.8 Å². The lowest BCUT2D eigenvalue weighted by Gasteiger charge is -2.18. The van der Waals surface area contributed by atoms with Gasteiger partial charge in [-0.2, -0.15) is 0 Å². The standard InChI is InChI=1S/C35H21NS/c1-2-10-24-22(8-1)9-7-14-26(24)35-28-13-4-3-12-27(28)34(31-21-36-19-18-29(31)35)23-16-17-33-30(20-23)25-11-5-6-15-32(25)37-33/h1-21H. The van der Waals surface area contributed by atoms with Crippen LogP contribution in [0.4, 0.5) is 0 Å². The molecule has 0 saturated heterocycles. The van der Waals surface area contributed by atoms with E-state index in [2.05, 4.69) is 120 Å². The fourth-order valence-corrected chi connectivity index (χ4v) is 7.03. The zero-order chi connectivity index (χ0) is 24.3. The van der Waals surface area contributed by atoms with Gasteiger partial charge in [-0.1, -0.05) is 91.0 Å². The van der Waals surface area contributed by atoms with E-state index in [4.69, 9.17) is 0 Å². The third kappa shape index (κ3) is 3.06. The van der Waals surface area contributed by atoms with Crippen molar-refractivity contribution in [3.8, 4) is 22.3 Å². The van der Waals surface area contributed by atoms with Gasteiger partial charge >= 0.3 is 0 Å². The van der Waals surface area contributed by atoms with Crippen LogP contribution in [0, 0.1) is 0 Å². The Labute approximate surface area is 218 Å². The van der Waals surface area contributed by atoms with Crippen LogP contribution in [0.15, 0.2) is 128 Å². The van der Waals surface area contributed by atoms with Gasteiger partial charge < -0.3 is 0 Å². The number of thiophene rings is 1. The average Bonchev–Trinajstić information content (AvgIpc) is 3.33. The van der Waals surface area contributed by atoms with E-state index in [9.17, 15) is 0 Å². The minimum Gasteiger partial charge on any atom is -0.264 e. The maximum Gasteiger partial charge on any atom is 0.0355 e. The van der Waals surface area contributed by atoms with Crippen LogP contribution in [0.5, 0.6) is 0 Å². The van der Waals surface area contributed by atoms with E-state index in [0.29, 0.717) is 0 Å². The van der Waals surface area contributed by atoms with Crippen molar-refractivity contribution in [2.24, 2.45) is 0 Å². The molecule has 172 valence electrons. The number of hydrogen-bond donors (Lipinski definition) is 0. The summed E-state index contributed by atoms with van der Waals surface area (Å²) in [6.45, 7) is 0. The van der Waals surface area contributed by atoms with Crippen molar-refractivity contribution in [1.29, 1.82) is 0 Å². The Kier molecular flexibility index (Phi) is 4.46. The molecule has 2 heterocycles. The van der Waals surface area contributed by atoms with Gasteiger partial charge in [0.2, 0.25) is 0 Å². The van der Waals surface area contributed by atoms with Gasteiger partial charge in [0.15, 0.2) is 0 Å². The van der Waals surface area contributed by atoms with Crippen LogP contribution in [-0.4, -0.2) is 4.98 Å². The molecule has 37 heavy (non-hydrogen) atoms. The normalized spacial score (nSPS) is 11.8. The van der Waals surface area contributed by atoms with Gasteiger partial charge in [-0.25, -0.2) is 0 Å². The Hall–Kier alpha value is -4.53. The molecule has 0 aliphatic heterocycles. The highest BCUT2D eigenvalue weighted by Gasteiger charge is 2.18. The molecule has 0 bridgehead atoms. The Morgan fingerprint density at radius 3 is 2.03 bits per heavy atom. The number of pyridine rings is 1. The van der Waals surface area contributed by atoms with Crippen molar-refractivity contribution < 1.29 is 0 Å². The van der Waals surface area contributed by atoms with Crippen molar-refractivity contribution in [3.05, 3.63) is 128 Å². The SMILES string of the molecule is c1ccc2c(-c3c4ccccc4c(-c4ccc5sc6ccccc6c5c4)c4cnccc34)cccc2c1. The summed E-state index contributed by atoms with van der Waals surface area (Å²) < 4.78 is 2.65. The first-order valence-electron chi connectivity index (χ1n) is 12.5. The topological polar surface area (TPSA) is 12.9 Å². The molecule has 0 fully saturated rings. The molecule has 2 heteroatoms. The number of rotatable bonds is 2. The summed E-state index contributed by atoms with van der Waals surface area (Å²) in [5.74, 6) is 0. The number of hydrogen-bond acceptors (Lipinski definition) is 2. The highest BCUT2D eigenvalue weighted by molar-refractivity contribution is 7.25. The Balaban J connectivity index is 1.52. The molecule has 0 saturated carbocycles. The molecule has 0 N–H and O–H groups in total. The van der Waals surface area contributed by atoms with Crippen molar-refractivity contribution in [2.75, 3.05) is 0 Å². The lowest BCUT2D eigenvalue weighted by atomic mass is 9.85. The van der Waals surface area contributed by atoms with Gasteiger partial charge in [0, 0.05) is 38.0 Å². The number of fused-ring (bicyclic) bond motifs is 6. The Morgan fingerprint density at radius 1 is 0.459 bits per heavy atom. The van der Waals surface area contributed by atoms with Gasteiger partial charge in [0.1, 0.15) is 0 Å². The second kappa shape index (κ2) is 7.99. The minimum absolute atomic E-state index is 1.18. The highest BCUT2D eigenvalue weighted by Crippen LogP contribution is 2.46. The van der Waals surface area contributed by atoms with Crippen LogP contribution in [0.3, 0.4) is 0 Å². The van der Waals surface area contributed by atoms with E-state index in [1.807, 2.05) is 23.7 Å². The third-order valence-electron chi connectivity index (χ3n) is 7.55. The molecule has 0 radical (unpaired) electrons. The van der Waals surface area contributed by atoms with Gasteiger partial charge in [-0.15, -0.1) is 11.3 Å². The monoisotopic (exact) mass is 487 g/mol. The second-order valence-corrected chi connectivity index (χ2v) is 10.6. The molecule has 8 aromatic rings.